The molecule has 1 fully saturated rings. The SMILES string of the molecule is C=Cc1c(/C=C\C)n2c(/C(=C\C)c3ccc(-c4ccc(N(c5ccc(C6=CCCC=C6)cc5)c5ccc(-c6ccc7c(c6)C6=C(CCC=C6)C6CC76)cc5)cc4C)c(C)c3)c(C=C)c3cccc1c32. The number of hydrogen-bond donors (Lipinski definition) is 0. The van der Waals surface area contributed by atoms with E-state index < -0.39 is 0 Å². The van der Waals surface area contributed by atoms with Crippen LogP contribution in [0.15, 0.2) is 183 Å². The standard InChI is InChI=1S/C67H58N2/c1-7-17-65-53(9-3)60-22-16-23-61-54(10-4)66(69(65)67(60)61)52(8-2)48-29-35-55(42(5)38-48)56-37-34-51(39-43(56)6)68(49-30-24-45(25-31-49)44-18-12-11-13-19-44)50-32-26-46(27-33-50)47-28-36-59-62(40-47)57-20-14-15-21-58(57)63-41-64(59)63/h7-10,12,14,16-20,22-40,63-64H,3-4,11,13,15,21,41H2,1-2,5-6H3/b17-7-,52-8-. The first-order chi connectivity index (χ1) is 33.9. The van der Waals surface area contributed by atoms with Crippen LogP contribution in [0.3, 0.4) is 0 Å². The molecule has 0 bridgehead atoms. The highest BCUT2D eigenvalue weighted by Gasteiger charge is 2.46. The van der Waals surface area contributed by atoms with Crippen molar-refractivity contribution in [2.45, 2.75) is 65.7 Å². The van der Waals surface area contributed by atoms with Gasteiger partial charge in [-0.3, -0.25) is 0 Å². The summed E-state index contributed by atoms with van der Waals surface area (Å²) in [5.74, 6) is 1.49. The lowest BCUT2D eigenvalue weighted by molar-refractivity contribution is 0.817. The van der Waals surface area contributed by atoms with Crippen LogP contribution in [0.4, 0.5) is 17.1 Å². The number of fused-ring (bicyclic) bond motifs is 5. The predicted octanol–water partition coefficient (Wildman–Crippen LogP) is 18.7. The summed E-state index contributed by atoms with van der Waals surface area (Å²) in [7, 11) is 0. The Bertz CT molecular complexity index is 3590. The van der Waals surface area contributed by atoms with E-state index in [0.717, 1.165) is 64.3 Å². The van der Waals surface area contributed by atoms with E-state index in [1.807, 2.05) is 12.2 Å². The van der Waals surface area contributed by atoms with Crippen molar-refractivity contribution in [2.24, 2.45) is 5.92 Å². The van der Waals surface area contributed by atoms with Gasteiger partial charge in [-0.05, 0) is 187 Å². The van der Waals surface area contributed by atoms with Crippen LogP contribution in [0, 0.1) is 19.8 Å². The zero-order valence-electron chi connectivity index (χ0n) is 40.3. The molecule has 0 saturated heterocycles. The van der Waals surface area contributed by atoms with E-state index in [1.54, 1.807) is 11.1 Å². The number of rotatable bonds is 11. The summed E-state index contributed by atoms with van der Waals surface area (Å²) in [6.07, 6.45) is 28.2. The molecule has 0 radical (unpaired) electrons. The molecule has 336 valence electrons. The van der Waals surface area contributed by atoms with Gasteiger partial charge in [0.1, 0.15) is 0 Å². The molecule has 69 heavy (non-hydrogen) atoms. The smallest absolute Gasteiger partial charge is 0.0620 e. The second-order valence-electron chi connectivity index (χ2n) is 19.4. The molecule has 0 spiro atoms. The molecule has 4 aliphatic carbocycles. The number of benzene rings is 6. The van der Waals surface area contributed by atoms with E-state index in [-0.39, 0.29) is 0 Å². The zero-order chi connectivity index (χ0) is 46.9. The van der Waals surface area contributed by atoms with E-state index in [9.17, 15) is 0 Å². The molecule has 0 N–H and O–H groups in total. The average Bonchev–Trinajstić information content (AvgIpc) is 4.05. The van der Waals surface area contributed by atoms with Crippen molar-refractivity contribution in [3.8, 4) is 22.3 Å². The summed E-state index contributed by atoms with van der Waals surface area (Å²) in [4.78, 5) is 2.41. The van der Waals surface area contributed by atoms with E-state index in [0.29, 0.717) is 0 Å². The Morgan fingerprint density at radius 1 is 0.638 bits per heavy atom. The molecule has 2 unspecified atom stereocenters. The van der Waals surface area contributed by atoms with Crippen LogP contribution in [0.25, 0.3) is 73.5 Å². The molecule has 1 saturated carbocycles. The van der Waals surface area contributed by atoms with Gasteiger partial charge >= 0.3 is 0 Å². The monoisotopic (exact) mass is 890 g/mol. The van der Waals surface area contributed by atoms with Crippen LogP contribution in [0.2, 0.25) is 0 Å². The minimum atomic E-state index is 0.718. The van der Waals surface area contributed by atoms with Gasteiger partial charge in [0.05, 0.1) is 16.9 Å². The van der Waals surface area contributed by atoms with Gasteiger partial charge in [0.2, 0.25) is 0 Å². The summed E-state index contributed by atoms with van der Waals surface area (Å²) in [5, 5.41) is 2.42. The maximum Gasteiger partial charge on any atom is 0.0620 e. The average molecular weight is 891 g/mol. The largest absolute Gasteiger partial charge is 0.310 e. The van der Waals surface area contributed by atoms with Gasteiger partial charge in [-0.2, -0.15) is 0 Å². The van der Waals surface area contributed by atoms with Crippen LogP contribution in [-0.4, -0.2) is 4.40 Å². The summed E-state index contributed by atoms with van der Waals surface area (Å²) in [5.41, 5.74) is 27.8. The molecule has 12 rings (SSSR count). The number of para-hydroxylation sites is 1. The highest BCUT2D eigenvalue weighted by molar-refractivity contribution is 6.10. The van der Waals surface area contributed by atoms with Crippen LogP contribution >= 0.6 is 0 Å². The second kappa shape index (κ2) is 17.1. The first-order valence-electron chi connectivity index (χ1n) is 25.0. The maximum atomic E-state index is 4.33. The summed E-state index contributed by atoms with van der Waals surface area (Å²) < 4.78 is 2.42. The van der Waals surface area contributed by atoms with Gasteiger partial charge in [0, 0.05) is 44.5 Å². The summed E-state index contributed by atoms with van der Waals surface area (Å²) in [6.45, 7) is 17.3. The molecule has 2 heteroatoms. The molecule has 0 aliphatic heterocycles. The van der Waals surface area contributed by atoms with Gasteiger partial charge in [0.15, 0.2) is 0 Å². The van der Waals surface area contributed by atoms with Crippen molar-refractivity contribution in [3.63, 3.8) is 0 Å². The van der Waals surface area contributed by atoms with E-state index >= 15 is 0 Å². The van der Waals surface area contributed by atoms with Gasteiger partial charge < -0.3 is 9.30 Å². The first kappa shape index (κ1) is 42.7. The third kappa shape index (κ3) is 6.99. The van der Waals surface area contributed by atoms with Gasteiger partial charge in [-0.1, -0.05) is 152 Å². The summed E-state index contributed by atoms with van der Waals surface area (Å²) >= 11 is 0. The molecular weight excluding hydrogens is 833 g/mol. The molecule has 2 nitrogen and oxygen atoms in total. The Balaban J connectivity index is 0.899. The predicted molar refractivity (Wildman–Crippen MR) is 298 cm³/mol. The normalized spacial score (nSPS) is 17.3. The number of nitrogens with zero attached hydrogens (tertiary/aromatic N) is 2. The van der Waals surface area contributed by atoms with Crippen molar-refractivity contribution in [1.29, 1.82) is 0 Å². The van der Waals surface area contributed by atoms with Crippen molar-refractivity contribution in [2.75, 3.05) is 4.90 Å². The van der Waals surface area contributed by atoms with Crippen molar-refractivity contribution in [3.05, 3.63) is 238 Å². The minimum absolute atomic E-state index is 0.718. The number of allylic oxidation sites excluding steroid dienone is 10. The van der Waals surface area contributed by atoms with Gasteiger partial charge in [-0.25, -0.2) is 0 Å². The third-order valence-corrected chi connectivity index (χ3v) is 15.5. The number of anilines is 3. The van der Waals surface area contributed by atoms with Crippen LogP contribution in [0.1, 0.15) is 108 Å². The maximum absolute atomic E-state index is 4.33. The van der Waals surface area contributed by atoms with E-state index in [4.69, 9.17) is 0 Å². The van der Waals surface area contributed by atoms with E-state index in [1.165, 1.54) is 102 Å². The molecule has 6 aromatic carbocycles. The van der Waals surface area contributed by atoms with Crippen LogP contribution in [-0.2, 0) is 0 Å². The molecular formula is C67H58N2. The number of aryl methyl sites for hydroxylation is 2. The molecule has 2 aromatic heterocycles. The lowest BCUT2D eigenvalue weighted by Gasteiger charge is -2.27. The number of hydrogen-bond acceptors (Lipinski definition) is 1. The Morgan fingerprint density at radius 2 is 1.32 bits per heavy atom. The molecule has 2 atom stereocenters. The quantitative estimate of drug-likeness (QED) is 0.126. The zero-order valence-corrected chi connectivity index (χ0v) is 40.3. The Labute approximate surface area is 408 Å². The fraction of sp³-hybridized carbons (Fsp3) is 0.164. The van der Waals surface area contributed by atoms with Crippen molar-refractivity contribution in [1.82, 2.24) is 4.40 Å². The highest BCUT2D eigenvalue weighted by atomic mass is 15.1. The summed E-state index contributed by atoms with van der Waals surface area (Å²) in [6, 6.07) is 46.1. The minimum Gasteiger partial charge on any atom is -0.310 e. The van der Waals surface area contributed by atoms with Crippen LogP contribution < -0.4 is 4.90 Å². The van der Waals surface area contributed by atoms with E-state index in [2.05, 4.69) is 220 Å². The van der Waals surface area contributed by atoms with Crippen LogP contribution in [0.5, 0.6) is 0 Å². The molecule has 4 aliphatic rings. The van der Waals surface area contributed by atoms with Crippen molar-refractivity contribution >= 4 is 68.3 Å². The first-order valence-corrected chi connectivity index (χ1v) is 25.0. The topological polar surface area (TPSA) is 7.65 Å². The lowest BCUT2D eigenvalue weighted by Crippen LogP contribution is -2.10. The Morgan fingerprint density at radius 3 is 2.00 bits per heavy atom. The number of aromatic nitrogens is 1. The molecule has 8 aromatic rings. The Kier molecular flexibility index (Phi) is 10.6. The Hall–Kier alpha value is -7.68. The third-order valence-electron chi connectivity index (χ3n) is 15.5. The highest BCUT2D eigenvalue weighted by Crippen LogP contribution is 2.60. The fourth-order valence-corrected chi connectivity index (χ4v) is 12.2. The fourth-order valence-electron chi connectivity index (χ4n) is 12.2. The van der Waals surface area contributed by atoms with Gasteiger partial charge in [0.25, 0.3) is 0 Å². The van der Waals surface area contributed by atoms with Gasteiger partial charge in [-0.15, -0.1) is 0 Å². The lowest BCUT2D eigenvalue weighted by atomic mass is 9.80. The molecule has 0 amide bonds. The second-order valence-corrected chi connectivity index (χ2v) is 19.4. The molecule has 2 heterocycles. The van der Waals surface area contributed by atoms with Crippen molar-refractivity contribution < 1.29 is 0 Å².